The molecule has 2 aromatic carbocycles. The van der Waals surface area contributed by atoms with E-state index in [4.69, 9.17) is 15.2 Å². The minimum absolute atomic E-state index is 0.0816. The van der Waals surface area contributed by atoms with Gasteiger partial charge in [0, 0.05) is 18.6 Å². The molecule has 12 heteroatoms. The van der Waals surface area contributed by atoms with Crippen molar-refractivity contribution in [2.45, 2.75) is 50.9 Å². The van der Waals surface area contributed by atoms with Gasteiger partial charge in [0.2, 0.25) is 0 Å². The van der Waals surface area contributed by atoms with Crippen LogP contribution in [0.4, 0.5) is 5.82 Å². The Balaban J connectivity index is 1.29. The van der Waals surface area contributed by atoms with Gasteiger partial charge in [0.25, 0.3) is 5.91 Å². The third-order valence-corrected chi connectivity index (χ3v) is 8.76. The highest BCUT2D eigenvalue weighted by atomic mass is 16.5. The van der Waals surface area contributed by atoms with Crippen LogP contribution in [0.25, 0.3) is 16.9 Å². The minimum Gasteiger partial charge on any atom is -0.457 e. The molecule has 2 aromatic heterocycles. The molecule has 0 saturated carbocycles. The molecule has 2 aliphatic heterocycles. The highest BCUT2D eigenvalue weighted by molar-refractivity contribution is 5.97. The van der Waals surface area contributed by atoms with Gasteiger partial charge < -0.3 is 20.1 Å². The summed E-state index contributed by atoms with van der Waals surface area (Å²) in [6.07, 6.45) is 4.50. The van der Waals surface area contributed by atoms with Crippen molar-refractivity contribution in [3.05, 3.63) is 83.1 Å². The fourth-order valence-electron chi connectivity index (χ4n) is 5.97. The Morgan fingerprint density at radius 3 is 2.53 bits per heavy atom. The lowest BCUT2D eigenvalue weighted by atomic mass is 9.96. The van der Waals surface area contributed by atoms with Crippen LogP contribution in [0.1, 0.15) is 26.7 Å². The number of likely N-dealkylation sites (N-methyl/N-ethyl adjacent to an activating group) is 1. The van der Waals surface area contributed by atoms with Crippen LogP contribution >= 0.6 is 0 Å². The number of nitrogens with zero attached hydrogens (tertiary/aromatic N) is 7. The van der Waals surface area contributed by atoms with Crippen LogP contribution < -0.4 is 16.2 Å². The second-order valence-electron chi connectivity index (χ2n) is 12.0. The number of hydrogen-bond donors (Lipinski definition) is 1. The first kappa shape index (κ1) is 30.1. The molecular weight excluding hydrogens is 572 g/mol. The second kappa shape index (κ2) is 12.2. The van der Waals surface area contributed by atoms with Gasteiger partial charge in [-0.25, -0.2) is 14.8 Å². The number of carbonyl (C=O) groups is 1. The summed E-state index contributed by atoms with van der Waals surface area (Å²) in [4.78, 5) is 40.2. The van der Waals surface area contributed by atoms with E-state index in [-0.39, 0.29) is 41.6 Å². The molecule has 2 saturated heterocycles. The Morgan fingerprint density at radius 1 is 1.16 bits per heavy atom. The number of nitriles is 1. The number of nitrogen functional groups attached to an aromatic ring is 1. The molecule has 12 nitrogen and oxygen atoms in total. The number of likely N-dealkylation sites (tertiary alicyclic amines) is 1. The average molecular weight is 609 g/mol. The molecule has 1 amide bonds. The van der Waals surface area contributed by atoms with Gasteiger partial charge in [0.15, 0.2) is 11.5 Å². The van der Waals surface area contributed by atoms with Crippen LogP contribution in [0.5, 0.6) is 11.5 Å². The Morgan fingerprint density at radius 2 is 1.87 bits per heavy atom. The van der Waals surface area contributed by atoms with E-state index in [2.05, 4.69) is 20.9 Å². The highest BCUT2D eigenvalue weighted by Crippen LogP contribution is 2.28. The number of fused-ring (bicyclic) bond motifs is 1. The van der Waals surface area contributed by atoms with Crippen molar-refractivity contribution >= 4 is 22.9 Å². The van der Waals surface area contributed by atoms with Crippen LogP contribution in [0.15, 0.2) is 77.4 Å². The summed E-state index contributed by atoms with van der Waals surface area (Å²) in [5.41, 5.74) is 6.82. The molecule has 6 rings (SSSR count). The lowest BCUT2D eigenvalue weighted by Gasteiger charge is -2.43. The molecule has 0 bridgehead atoms. The molecule has 2 aliphatic rings. The molecule has 0 aliphatic carbocycles. The second-order valence-corrected chi connectivity index (χ2v) is 12.0. The summed E-state index contributed by atoms with van der Waals surface area (Å²) in [6, 6.07) is 18.6. The van der Waals surface area contributed by atoms with E-state index < -0.39 is 5.54 Å². The van der Waals surface area contributed by atoms with E-state index in [9.17, 15) is 14.9 Å². The number of nitrogens with two attached hydrogens (primary N) is 1. The number of ether oxygens (including phenoxy) is 2. The normalized spacial score (nSPS) is 17.4. The van der Waals surface area contributed by atoms with Crippen molar-refractivity contribution in [2.24, 2.45) is 0 Å². The Labute approximate surface area is 260 Å². The van der Waals surface area contributed by atoms with Gasteiger partial charge in [-0.1, -0.05) is 18.2 Å². The van der Waals surface area contributed by atoms with Crippen molar-refractivity contribution in [3.63, 3.8) is 0 Å². The van der Waals surface area contributed by atoms with Gasteiger partial charge in [0.1, 0.15) is 35.0 Å². The third kappa shape index (κ3) is 5.80. The van der Waals surface area contributed by atoms with Crippen LogP contribution in [-0.2, 0) is 16.1 Å². The van der Waals surface area contributed by atoms with E-state index in [1.165, 1.54) is 10.9 Å². The Kier molecular flexibility index (Phi) is 8.14. The van der Waals surface area contributed by atoms with Crippen molar-refractivity contribution in [3.8, 4) is 23.3 Å². The van der Waals surface area contributed by atoms with Crippen LogP contribution in [0.2, 0.25) is 0 Å². The van der Waals surface area contributed by atoms with Crippen molar-refractivity contribution < 1.29 is 14.3 Å². The fraction of sp³-hybridized carbons (Fsp3) is 0.364. The largest absolute Gasteiger partial charge is 0.457 e. The standard InChI is InChI=1S/C33H36N8O4/c1-33(2,38(3)25-19-44-20-25)16-22(17-34)31(42)39-15-7-8-24(39)18-40-30-28(29(35)36-21-37-30)41(32(40)43)23-11-13-27(14-12-23)45-26-9-5-4-6-10-26/h4-6,9-14,16,21,24-25H,7-8,15,18-20H2,1-3H3,(H2,35,36,37)/b22-16-/t24-/m0/s1. The van der Waals surface area contributed by atoms with Crippen LogP contribution in [0.3, 0.4) is 0 Å². The number of para-hydroxylation sites is 1. The maximum absolute atomic E-state index is 14.0. The Hall–Kier alpha value is -4.99. The zero-order valence-electron chi connectivity index (χ0n) is 25.6. The first-order valence-corrected chi connectivity index (χ1v) is 15.0. The number of hydrogen-bond acceptors (Lipinski definition) is 9. The van der Waals surface area contributed by atoms with E-state index in [0.29, 0.717) is 54.5 Å². The summed E-state index contributed by atoms with van der Waals surface area (Å²) in [6.45, 7) is 5.90. The number of benzene rings is 2. The maximum atomic E-state index is 14.0. The first-order chi connectivity index (χ1) is 21.7. The first-order valence-electron chi connectivity index (χ1n) is 15.0. The SMILES string of the molecule is CN(C1COC1)C(C)(C)/C=C(/C#N)C(=O)N1CCC[C@H]1Cn1c(=O)n(-c2ccc(Oc3ccccc3)cc2)c2c(N)ncnc21. The minimum atomic E-state index is -0.537. The summed E-state index contributed by atoms with van der Waals surface area (Å²) in [5.74, 6) is 1.14. The van der Waals surface area contributed by atoms with Gasteiger partial charge >= 0.3 is 5.69 Å². The smallest absolute Gasteiger partial charge is 0.335 e. The average Bonchev–Trinajstić information content (AvgIpc) is 3.59. The predicted octanol–water partition coefficient (Wildman–Crippen LogP) is 3.51. The van der Waals surface area contributed by atoms with Crippen LogP contribution in [0, 0.1) is 11.3 Å². The molecule has 4 aromatic rings. The molecule has 45 heavy (non-hydrogen) atoms. The van der Waals surface area contributed by atoms with Crippen LogP contribution in [-0.4, -0.2) is 79.2 Å². The summed E-state index contributed by atoms with van der Waals surface area (Å²) in [7, 11) is 1.97. The molecule has 0 radical (unpaired) electrons. The number of aromatic nitrogens is 4. The summed E-state index contributed by atoms with van der Waals surface area (Å²) >= 11 is 0. The number of anilines is 1. The van der Waals surface area contributed by atoms with E-state index in [1.807, 2.05) is 51.2 Å². The number of imidazole rings is 1. The number of amides is 1. The molecule has 1 atom stereocenters. The number of carbonyl (C=O) groups excluding carboxylic acids is 1. The summed E-state index contributed by atoms with van der Waals surface area (Å²) < 4.78 is 14.3. The monoisotopic (exact) mass is 608 g/mol. The fourth-order valence-corrected chi connectivity index (χ4v) is 5.97. The van der Waals surface area contributed by atoms with E-state index >= 15 is 0 Å². The molecule has 4 heterocycles. The molecule has 2 fully saturated rings. The Bertz CT molecular complexity index is 1830. The molecule has 2 N–H and O–H groups in total. The van der Waals surface area contributed by atoms with Gasteiger partial charge in [-0.05, 0) is 76.2 Å². The lowest BCUT2D eigenvalue weighted by molar-refractivity contribution is -0.127. The van der Waals surface area contributed by atoms with Gasteiger partial charge in [-0.15, -0.1) is 0 Å². The zero-order chi connectivity index (χ0) is 31.7. The van der Waals surface area contributed by atoms with Gasteiger partial charge in [-0.2, -0.15) is 5.26 Å². The van der Waals surface area contributed by atoms with E-state index in [0.717, 1.165) is 6.42 Å². The summed E-state index contributed by atoms with van der Waals surface area (Å²) in [5, 5.41) is 10.0. The van der Waals surface area contributed by atoms with Gasteiger partial charge in [0.05, 0.1) is 31.0 Å². The zero-order valence-corrected chi connectivity index (χ0v) is 25.6. The van der Waals surface area contributed by atoms with Crippen molar-refractivity contribution in [1.29, 1.82) is 5.26 Å². The highest BCUT2D eigenvalue weighted by Gasteiger charge is 2.36. The topological polar surface area (TPSA) is 145 Å². The molecule has 232 valence electrons. The lowest BCUT2D eigenvalue weighted by Crippen LogP contribution is -2.55. The maximum Gasteiger partial charge on any atom is 0.335 e. The van der Waals surface area contributed by atoms with Crippen molar-refractivity contribution in [2.75, 3.05) is 32.5 Å². The number of rotatable bonds is 9. The molecule has 0 spiro atoms. The van der Waals surface area contributed by atoms with Crippen molar-refractivity contribution in [1.82, 2.24) is 28.9 Å². The van der Waals surface area contributed by atoms with Gasteiger partial charge in [-0.3, -0.25) is 18.8 Å². The van der Waals surface area contributed by atoms with E-state index in [1.54, 1.807) is 39.8 Å². The quantitative estimate of drug-likeness (QED) is 0.223. The predicted molar refractivity (Wildman–Crippen MR) is 169 cm³/mol. The molecule has 0 unspecified atom stereocenters. The third-order valence-electron chi connectivity index (χ3n) is 8.76. The molecular formula is C33H36N8O4.